The van der Waals surface area contributed by atoms with Crippen LogP contribution in [0.25, 0.3) is 0 Å². The maximum atomic E-state index is 2.69. The summed E-state index contributed by atoms with van der Waals surface area (Å²) in [7, 11) is 0. The third kappa shape index (κ3) is 2.22. The van der Waals surface area contributed by atoms with E-state index < -0.39 is 0 Å². The van der Waals surface area contributed by atoms with Crippen LogP contribution in [0, 0.1) is 58.2 Å². The highest BCUT2D eigenvalue weighted by Gasteiger charge is 2.69. The summed E-state index contributed by atoms with van der Waals surface area (Å²) in [6.45, 7) is 19.5. The Morgan fingerprint density at radius 2 is 1.48 bits per heavy atom. The van der Waals surface area contributed by atoms with Crippen molar-refractivity contribution < 1.29 is 0 Å². The Morgan fingerprint density at radius 3 is 2.09 bits per heavy atom. The van der Waals surface area contributed by atoms with Crippen LogP contribution < -0.4 is 0 Å². The fourth-order valence-corrected chi connectivity index (χ4v) is 8.82. The predicted molar refractivity (Wildman–Crippen MR) is 101 cm³/mol. The van der Waals surface area contributed by atoms with Gasteiger partial charge in [0.25, 0.3) is 0 Å². The smallest absolute Gasteiger partial charge is 0.0261 e. The SMILES string of the molecule is CC.CC1CC2C(C)C3C4CCC(C(C)C)C4(C)CC3C2(C)C1. The van der Waals surface area contributed by atoms with Crippen molar-refractivity contribution in [1.82, 2.24) is 0 Å². The van der Waals surface area contributed by atoms with Gasteiger partial charge < -0.3 is 0 Å². The summed E-state index contributed by atoms with van der Waals surface area (Å²) in [5.74, 6) is 8.11. The van der Waals surface area contributed by atoms with Crippen molar-refractivity contribution in [3.8, 4) is 0 Å². The minimum atomic E-state index is 0.678. The molecule has 0 heterocycles. The van der Waals surface area contributed by atoms with Gasteiger partial charge in [0, 0.05) is 0 Å². The van der Waals surface area contributed by atoms with Crippen molar-refractivity contribution in [2.24, 2.45) is 58.2 Å². The molecule has 0 radical (unpaired) electrons. The van der Waals surface area contributed by atoms with Crippen molar-refractivity contribution in [2.75, 3.05) is 0 Å². The molecule has 134 valence electrons. The molecule has 0 saturated heterocycles. The van der Waals surface area contributed by atoms with Gasteiger partial charge in [0.1, 0.15) is 0 Å². The van der Waals surface area contributed by atoms with Crippen LogP contribution in [0.2, 0.25) is 0 Å². The molecule has 0 heteroatoms. The molecule has 0 bridgehead atoms. The minimum Gasteiger partial charge on any atom is -0.0683 e. The van der Waals surface area contributed by atoms with Crippen LogP contribution in [0.3, 0.4) is 0 Å². The lowest BCUT2D eigenvalue weighted by atomic mass is 9.66. The van der Waals surface area contributed by atoms with E-state index in [0.717, 1.165) is 47.3 Å². The zero-order chi connectivity index (χ0) is 17.2. The maximum absolute atomic E-state index is 2.69. The monoisotopic (exact) mass is 318 g/mol. The number of hydrogen-bond acceptors (Lipinski definition) is 0. The summed E-state index contributed by atoms with van der Waals surface area (Å²) in [4.78, 5) is 0. The van der Waals surface area contributed by atoms with Gasteiger partial charge in [0.05, 0.1) is 0 Å². The first-order chi connectivity index (χ1) is 10.8. The summed E-state index contributed by atoms with van der Waals surface area (Å²) in [5, 5.41) is 0. The van der Waals surface area contributed by atoms with E-state index in [4.69, 9.17) is 0 Å². The van der Waals surface area contributed by atoms with Crippen molar-refractivity contribution in [2.45, 2.75) is 87.5 Å². The lowest BCUT2D eigenvalue weighted by Crippen LogP contribution is -2.32. The molecule has 0 aromatic rings. The second-order valence-electron chi connectivity index (χ2n) is 10.4. The van der Waals surface area contributed by atoms with Crippen molar-refractivity contribution >= 4 is 0 Å². The highest BCUT2D eigenvalue weighted by molar-refractivity contribution is 5.17. The molecule has 4 saturated carbocycles. The average Bonchev–Trinajstić information content (AvgIpc) is 3.11. The predicted octanol–water partition coefficient (Wildman–Crippen LogP) is 7.04. The first kappa shape index (κ1) is 17.8. The lowest BCUT2D eigenvalue weighted by Gasteiger charge is -2.39. The standard InChI is InChI=1S/C21H36.C2H6/c1-12(2)15-7-8-16-19-14(4)17-9-13(3)10-20(17,5)18(19)11-21(15,16)6;1-2/h12-19H,7-11H2,1-6H3;1-2H3. The van der Waals surface area contributed by atoms with Crippen LogP contribution in [-0.4, -0.2) is 0 Å². The number of hydrogen-bond donors (Lipinski definition) is 0. The quantitative estimate of drug-likeness (QED) is 0.486. The van der Waals surface area contributed by atoms with Gasteiger partial charge in [0.15, 0.2) is 0 Å². The first-order valence-corrected chi connectivity index (χ1v) is 10.8. The molecule has 0 aromatic heterocycles. The highest BCUT2D eigenvalue weighted by atomic mass is 14.7. The minimum absolute atomic E-state index is 0.678. The Bertz CT molecular complexity index is 437. The van der Waals surface area contributed by atoms with Crippen LogP contribution in [0.4, 0.5) is 0 Å². The Hall–Kier alpha value is 0. The summed E-state index contributed by atoms with van der Waals surface area (Å²) in [6, 6.07) is 0. The van der Waals surface area contributed by atoms with Crippen molar-refractivity contribution in [3.63, 3.8) is 0 Å². The molecule has 0 aromatic carbocycles. The fourth-order valence-electron chi connectivity index (χ4n) is 8.82. The normalized spacial score (nSPS) is 57.0. The fraction of sp³-hybridized carbons (Fsp3) is 1.00. The molecule has 4 aliphatic carbocycles. The summed E-state index contributed by atoms with van der Waals surface area (Å²) >= 11 is 0. The molecule has 23 heavy (non-hydrogen) atoms. The topological polar surface area (TPSA) is 0 Å². The third-order valence-electron chi connectivity index (χ3n) is 9.26. The summed E-state index contributed by atoms with van der Waals surface area (Å²) in [5.41, 5.74) is 1.37. The van der Waals surface area contributed by atoms with Crippen LogP contribution in [0.15, 0.2) is 0 Å². The second kappa shape index (κ2) is 5.77. The van der Waals surface area contributed by atoms with E-state index in [-0.39, 0.29) is 0 Å². The molecule has 0 spiro atoms. The first-order valence-electron chi connectivity index (χ1n) is 10.8. The summed E-state index contributed by atoms with van der Waals surface area (Å²) in [6.07, 6.45) is 7.69. The molecule has 0 nitrogen and oxygen atoms in total. The zero-order valence-corrected chi connectivity index (χ0v) is 17.2. The van der Waals surface area contributed by atoms with E-state index in [1.807, 2.05) is 13.8 Å². The van der Waals surface area contributed by atoms with Gasteiger partial charge >= 0.3 is 0 Å². The largest absolute Gasteiger partial charge is 0.0683 e. The van der Waals surface area contributed by atoms with E-state index in [1.54, 1.807) is 12.8 Å². The van der Waals surface area contributed by atoms with E-state index in [2.05, 4.69) is 41.5 Å². The van der Waals surface area contributed by atoms with Crippen LogP contribution in [-0.2, 0) is 0 Å². The molecular formula is C23H42. The highest BCUT2D eigenvalue weighted by Crippen LogP contribution is 2.75. The molecule has 9 atom stereocenters. The van der Waals surface area contributed by atoms with Crippen LogP contribution in [0.1, 0.15) is 87.5 Å². The van der Waals surface area contributed by atoms with Crippen molar-refractivity contribution in [3.05, 3.63) is 0 Å². The second-order valence-corrected chi connectivity index (χ2v) is 10.4. The molecule has 0 amide bonds. The maximum Gasteiger partial charge on any atom is -0.0261 e. The van der Waals surface area contributed by atoms with Crippen LogP contribution >= 0.6 is 0 Å². The Morgan fingerprint density at radius 1 is 0.826 bits per heavy atom. The molecule has 0 aliphatic heterocycles. The van der Waals surface area contributed by atoms with Gasteiger partial charge in [-0.15, -0.1) is 0 Å². The van der Waals surface area contributed by atoms with Gasteiger partial charge in [-0.2, -0.15) is 0 Å². The zero-order valence-electron chi connectivity index (χ0n) is 17.2. The molecule has 4 rings (SSSR count). The van der Waals surface area contributed by atoms with Crippen LogP contribution in [0.5, 0.6) is 0 Å². The van der Waals surface area contributed by atoms with Gasteiger partial charge in [0.2, 0.25) is 0 Å². The lowest BCUT2D eigenvalue weighted by molar-refractivity contribution is 0.0928. The number of fused-ring (bicyclic) bond motifs is 5. The summed E-state index contributed by atoms with van der Waals surface area (Å²) < 4.78 is 0. The van der Waals surface area contributed by atoms with Gasteiger partial charge in [-0.3, -0.25) is 0 Å². The van der Waals surface area contributed by atoms with Gasteiger partial charge in [-0.1, -0.05) is 55.4 Å². The Kier molecular flexibility index (Phi) is 4.47. The van der Waals surface area contributed by atoms with E-state index in [1.165, 1.54) is 19.3 Å². The Labute approximate surface area is 146 Å². The van der Waals surface area contributed by atoms with Crippen molar-refractivity contribution in [1.29, 1.82) is 0 Å². The molecule has 4 fully saturated rings. The molecule has 4 aliphatic rings. The average molecular weight is 319 g/mol. The van der Waals surface area contributed by atoms with Gasteiger partial charge in [-0.05, 0) is 90.3 Å². The van der Waals surface area contributed by atoms with E-state index in [0.29, 0.717) is 10.8 Å². The van der Waals surface area contributed by atoms with E-state index in [9.17, 15) is 0 Å². The molecular weight excluding hydrogens is 276 g/mol. The Balaban J connectivity index is 0.000000753. The van der Waals surface area contributed by atoms with E-state index >= 15 is 0 Å². The van der Waals surface area contributed by atoms with Gasteiger partial charge in [-0.25, -0.2) is 0 Å². The molecule has 0 N–H and O–H groups in total. The third-order valence-corrected chi connectivity index (χ3v) is 9.26. The number of rotatable bonds is 1. The molecule has 9 unspecified atom stereocenters.